The van der Waals surface area contributed by atoms with E-state index >= 15 is 0 Å². The van der Waals surface area contributed by atoms with Crippen LogP contribution in [0.4, 0.5) is 15.8 Å². The maximum absolute atomic E-state index is 13.2. The van der Waals surface area contributed by atoms with E-state index in [4.69, 9.17) is 11.6 Å². The SMILES string of the molecule is O=[N+]([O-])c1cc(F)c(Cl)cc1NCCc1cccs1. The molecule has 0 aliphatic heterocycles. The molecule has 1 aromatic carbocycles. The molecule has 0 saturated heterocycles. The van der Waals surface area contributed by atoms with E-state index in [9.17, 15) is 14.5 Å². The zero-order valence-electron chi connectivity index (χ0n) is 9.73. The Bertz CT molecular complexity index is 590. The topological polar surface area (TPSA) is 55.2 Å². The van der Waals surface area contributed by atoms with Crippen LogP contribution in [-0.4, -0.2) is 11.5 Å². The van der Waals surface area contributed by atoms with Gasteiger partial charge in [0.15, 0.2) is 0 Å². The van der Waals surface area contributed by atoms with Crippen LogP contribution in [0.2, 0.25) is 5.02 Å². The number of thiophene rings is 1. The summed E-state index contributed by atoms with van der Waals surface area (Å²) < 4.78 is 13.2. The number of nitrogens with zero attached hydrogens (tertiary/aromatic N) is 1. The number of benzene rings is 1. The first kappa shape index (κ1) is 13.8. The summed E-state index contributed by atoms with van der Waals surface area (Å²) in [5.74, 6) is -0.794. The lowest BCUT2D eigenvalue weighted by Crippen LogP contribution is -2.06. The van der Waals surface area contributed by atoms with Crippen molar-refractivity contribution >= 4 is 34.3 Å². The molecule has 0 aliphatic carbocycles. The van der Waals surface area contributed by atoms with E-state index < -0.39 is 10.7 Å². The molecule has 0 spiro atoms. The highest BCUT2D eigenvalue weighted by Gasteiger charge is 2.17. The predicted octanol–water partition coefficient (Wildman–Crippen LogP) is 4.10. The summed E-state index contributed by atoms with van der Waals surface area (Å²) >= 11 is 7.25. The molecule has 0 radical (unpaired) electrons. The lowest BCUT2D eigenvalue weighted by atomic mass is 10.2. The van der Waals surface area contributed by atoms with Crippen molar-refractivity contribution in [3.8, 4) is 0 Å². The minimum absolute atomic E-state index is 0.135. The molecule has 19 heavy (non-hydrogen) atoms. The largest absolute Gasteiger partial charge is 0.379 e. The Kier molecular flexibility index (Phi) is 4.34. The van der Waals surface area contributed by atoms with Gasteiger partial charge in [-0.1, -0.05) is 17.7 Å². The molecule has 2 rings (SSSR count). The Morgan fingerprint density at radius 3 is 2.89 bits per heavy atom. The smallest absolute Gasteiger partial charge is 0.295 e. The fraction of sp³-hybridized carbons (Fsp3) is 0.167. The molecule has 1 heterocycles. The summed E-state index contributed by atoms with van der Waals surface area (Å²) in [5.41, 5.74) is -0.0824. The van der Waals surface area contributed by atoms with Crippen molar-refractivity contribution in [2.45, 2.75) is 6.42 Å². The van der Waals surface area contributed by atoms with Gasteiger partial charge in [0.1, 0.15) is 11.5 Å². The molecule has 0 fully saturated rings. The number of nitro benzene ring substituents is 1. The molecule has 0 atom stereocenters. The molecule has 1 aromatic heterocycles. The van der Waals surface area contributed by atoms with Crippen LogP contribution in [0, 0.1) is 15.9 Å². The Labute approximate surface area is 118 Å². The van der Waals surface area contributed by atoms with Gasteiger partial charge in [0.25, 0.3) is 5.69 Å². The number of nitrogens with one attached hydrogen (secondary N) is 1. The Hall–Kier alpha value is -1.66. The maximum atomic E-state index is 13.2. The zero-order chi connectivity index (χ0) is 13.8. The van der Waals surface area contributed by atoms with Gasteiger partial charge in [-0.2, -0.15) is 0 Å². The normalized spacial score (nSPS) is 10.4. The summed E-state index contributed by atoms with van der Waals surface area (Å²) in [4.78, 5) is 11.4. The molecular weight excluding hydrogens is 291 g/mol. The van der Waals surface area contributed by atoms with Crippen LogP contribution in [0.1, 0.15) is 4.88 Å². The first-order chi connectivity index (χ1) is 9.08. The van der Waals surface area contributed by atoms with Crippen LogP contribution in [0.15, 0.2) is 29.6 Å². The maximum Gasteiger partial charge on any atom is 0.295 e. The molecule has 0 amide bonds. The number of hydrogen-bond acceptors (Lipinski definition) is 4. The molecule has 1 N–H and O–H groups in total. The zero-order valence-corrected chi connectivity index (χ0v) is 11.3. The van der Waals surface area contributed by atoms with Gasteiger partial charge in [0.05, 0.1) is 16.0 Å². The summed E-state index contributed by atoms with van der Waals surface area (Å²) in [6, 6.07) is 5.99. The van der Waals surface area contributed by atoms with Gasteiger partial charge in [-0.3, -0.25) is 10.1 Å². The van der Waals surface area contributed by atoms with E-state index in [-0.39, 0.29) is 16.4 Å². The van der Waals surface area contributed by atoms with Gasteiger partial charge in [0, 0.05) is 11.4 Å². The van der Waals surface area contributed by atoms with Crippen molar-refractivity contribution in [1.29, 1.82) is 0 Å². The van der Waals surface area contributed by atoms with E-state index in [1.165, 1.54) is 10.9 Å². The minimum atomic E-state index is -0.794. The van der Waals surface area contributed by atoms with Gasteiger partial charge in [-0.25, -0.2) is 4.39 Å². The molecular formula is C12H10ClFN2O2S. The van der Waals surface area contributed by atoms with Crippen LogP contribution < -0.4 is 5.32 Å². The van der Waals surface area contributed by atoms with Crippen molar-refractivity contribution in [1.82, 2.24) is 0 Å². The van der Waals surface area contributed by atoms with E-state index in [1.807, 2.05) is 17.5 Å². The van der Waals surface area contributed by atoms with Crippen LogP contribution in [-0.2, 0) is 6.42 Å². The van der Waals surface area contributed by atoms with E-state index in [1.54, 1.807) is 11.3 Å². The second-order valence-corrected chi connectivity index (χ2v) is 5.24. The molecule has 0 aliphatic rings. The lowest BCUT2D eigenvalue weighted by molar-refractivity contribution is -0.384. The minimum Gasteiger partial charge on any atom is -0.379 e. The number of rotatable bonds is 5. The van der Waals surface area contributed by atoms with Crippen molar-refractivity contribution in [2.75, 3.05) is 11.9 Å². The third kappa shape index (κ3) is 3.42. The second kappa shape index (κ2) is 5.99. The van der Waals surface area contributed by atoms with Crippen LogP contribution in [0.25, 0.3) is 0 Å². The molecule has 0 unspecified atom stereocenters. The highest BCUT2D eigenvalue weighted by Crippen LogP contribution is 2.30. The first-order valence-corrected chi connectivity index (χ1v) is 6.73. The molecule has 7 heteroatoms. The van der Waals surface area contributed by atoms with E-state index in [0.29, 0.717) is 6.54 Å². The quantitative estimate of drug-likeness (QED) is 0.668. The van der Waals surface area contributed by atoms with E-state index in [2.05, 4.69) is 5.32 Å². The summed E-state index contributed by atoms with van der Waals surface area (Å²) in [5, 5.41) is 15.6. The van der Waals surface area contributed by atoms with Gasteiger partial charge in [0.2, 0.25) is 0 Å². The Morgan fingerprint density at radius 2 is 2.26 bits per heavy atom. The summed E-state index contributed by atoms with van der Waals surface area (Å²) in [7, 11) is 0. The van der Waals surface area contributed by atoms with Crippen molar-refractivity contribution in [3.63, 3.8) is 0 Å². The highest BCUT2D eigenvalue weighted by atomic mass is 35.5. The first-order valence-electron chi connectivity index (χ1n) is 5.47. The van der Waals surface area contributed by atoms with Gasteiger partial charge in [-0.15, -0.1) is 11.3 Å². The number of anilines is 1. The molecule has 4 nitrogen and oxygen atoms in total. The average molecular weight is 301 g/mol. The lowest BCUT2D eigenvalue weighted by Gasteiger charge is -2.07. The molecule has 0 saturated carbocycles. The third-order valence-electron chi connectivity index (χ3n) is 2.50. The third-order valence-corrected chi connectivity index (χ3v) is 3.73. The average Bonchev–Trinajstić information content (AvgIpc) is 2.86. The number of halogens is 2. The second-order valence-electron chi connectivity index (χ2n) is 3.80. The van der Waals surface area contributed by atoms with E-state index in [0.717, 1.165) is 12.5 Å². The highest BCUT2D eigenvalue weighted by molar-refractivity contribution is 7.09. The predicted molar refractivity (Wildman–Crippen MR) is 74.6 cm³/mol. The summed E-state index contributed by atoms with van der Waals surface area (Å²) in [6.07, 6.45) is 0.740. The molecule has 100 valence electrons. The fourth-order valence-corrected chi connectivity index (χ4v) is 2.48. The fourth-order valence-electron chi connectivity index (χ4n) is 1.60. The monoisotopic (exact) mass is 300 g/mol. The van der Waals surface area contributed by atoms with Crippen LogP contribution in [0.3, 0.4) is 0 Å². The number of hydrogen-bond donors (Lipinski definition) is 1. The van der Waals surface area contributed by atoms with Gasteiger partial charge < -0.3 is 5.32 Å². The summed E-state index contributed by atoms with van der Waals surface area (Å²) in [6.45, 7) is 0.517. The van der Waals surface area contributed by atoms with Crippen molar-refractivity contribution in [2.24, 2.45) is 0 Å². The van der Waals surface area contributed by atoms with Gasteiger partial charge in [-0.05, 0) is 23.9 Å². The molecule has 0 bridgehead atoms. The van der Waals surface area contributed by atoms with Gasteiger partial charge >= 0.3 is 0 Å². The molecule has 2 aromatic rings. The van der Waals surface area contributed by atoms with Crippen LogP contribution >= 0.6 is 22.9 Å². The van der Waals surface area contributed by atoms with Crippen molar-refractivity contribution < 1.29 is 9.31 Å². The number of nitro groups is 1. The standard InChI is InChI=1S/C12H10ClFN2O2S/c13-9-6-11(12(16(17)18)7-10(9)14)15-4-3-8-2-1-5-19-8/h1-2,5-7,15H,3-4H2. The Balaban J connectivity index is 2.10. The van der Waals surface area contributed by atoms with Crippen molar-refractivity contribution in [3.05, 3.63) is 55.5 Å². The Morgan fingerprint density at radius 1 is 1.47 bits per heavy atom. The van der Waals surface area contributed by atoms with Crippen LogP contribution in [0.5, 0.6) is 0 Å².